The molecule has 0 nitrogen and oxygen atoms in total. The van der Waals surface area contributed by atoms with Gasteiger partial charge in [-0.1, -0.05) is 52.2 Å². The molecule has 0 heterocycles. The fourth-order valence-electron chi connectivity index (χ4n) is 3.83. The first-order chi connectivity index (χ1) is 6.20. The van der Waals surface area contributed by atoms with Crippen LogP contribution in [0.5, 0.6) is 0 Å². The van der Waals surface area contributed by atoms with E-state index in [1.54, 1.807) is 0 Å². The highest BCUT2D eigenvalue weighted by Crippen LogP contribution is 2.87. The van der Waals surface area contributed by atoms with E-state index in [9.17, 15) is 0 Å². The summed E-state index contributed by atoms with van der Waals surface area (Å²) in [4.78, 5) is 0. The molecule has 2 aliphatic carbocycles. The van der Waals surface area contributed by atoms with Crippen molar-refractivity contribution in [1.29, 1.82) is 0 Å². The molecule has 3 unspecified atom stereocenters. The maximum atomic E-state index is 2.61. The van der Waals surface area contributed by atoms with Gasteiger partial charge < -0.3 is 0 Å². The lowest BCUT2D eigenvalue weighted by atomic mass is 9.45. The fraction of sp³-hybridized carbons (Fsp3) is 1.00. The molecule has 2 fully saturated rings. The molecular formula is C13H24B. The van der Waals surface area contributed by atoms with Gasteiger partial charge in [-0.3, -0.25) is 0 Å². The molecule has 1 spiro atoms. The van der Waals surface area contributed by atoms with Gasteiger partial charge in [0.05, 0.1) is 0 Å². The summed E-state index contributed by atoms with van der Waals surface area (Å²) in [7, 11) is 2.61. The van der Waals surface area contributed by atoms with Crippen LogP contribution in [0.1, 0.15) is 54.4 Å². The van der Waals surface area contributed by atoms with Gasteiger partial charge in [-0.15, -0.1) is 0 Å². The second-order valence-corrected chi connectivity index (χ2v) is 7.32. The van der Waals surface area contributed by atoms with Gasteiger partial charge in [0.2, 0.25) is 0 Å². The third-order valence-corrected chi connectivity index (χ3v) is 4.39. The highest BCUT2D eigenvalue weighted by molar-refractivity contribution is 6.45. The van der Waals surface area contributed by atoms with Crippen molar-refractivity contribution in [2.45, 2.75) is 65.0 Å². The van der Waals surface area contributed by atoms with Gasteiger partial charge in [-0.2, -0.15) is 0 Å². The third-order valence-electron chi connectivity index (χ3n) is 4.39. The van der Waals surface area contributed by atoms with Crippen molar-refractivity contribution in [3.63, 3.8) is 0 Å². The highest BCUT2D eigenvalue weighted by Gasteiger charge is 2.76. The van der Waals surface area contributed by atoms with Crippen LogP contribution < -0.4 is 0 Å². The molecule has 0 saturated heterocycles. The molecule has 3 atom stereocenters. The van der Waals surface area contributed by atoms with Crippen molar-refractivity contribution in [2.24, 2.45) is 17.3 Å². The first-order valence-electron chi connectivity index (χ1n) is 6.07. The minimum Gasteiger partial charge on any atom is -0.0674 e. The summed E-state index contributed by atoms with van der Waals surface area (Å²) in [6, 6.07) is 0. The molecule has 2 rings (SSSR count). The number of rotatable bonds is 2. The van der Waals surface area contributed by atoms with E-state index in [0.717, 1.165) is 17.3 Å². The zero-order chi connectivity index (χ0) is 10.8. The van der Waals surface area contributed by atoms with E-state index in [1.807, 2.05) is 0 Å². The Labute approximate surface area is 90.1 Å². The van der Waals surface area contributed by atoms with Gasteiger partial charge in [0.25, 0.3) is 0 Å². The van der Waals surface area contributed by atoms with Gasteiger partial charge in [-0.25, -0.2) is 0 Å². The van der Waals surface area contributed by atoms with Crippen molar-refractivity contribution in [3.05, 3.63) is 0 Å². The van der Waals surface area contributed by atoms with Crippen molar-refractivity contribution in [2.75, 3.05) is 0 Å². The smallest absolute Gasteiger partial charge is 0.0674 e. The minimum absolute atomic E-state index is 0.391. The Morgan fingerprint density at radius 2 is 1.86 bits per heavy atom. The van der Waals surface area contributed by atoms with E-state index >= 15 is 0 Å². The maximum absolute atomic E-state index is 2.61. The summed E-state index contributed by atoms with van der Waals surface area (Å²) in [6.07, 6.45) is 2.95. The van der Waals surface area contributed by atoms with Crippen molar-refractivity contribution < 1.29 is 0 Å². The second-order valence-electron chi connectivity index (χ2n) is 7.32. The first-order valence-corrected chi connectivity index (χ1v) is 6.07. The molecule has 2 aliphatic rings. The molecule has 0 N–H and O–H groups in total. The monoisotopic (exact) mass is 191 g/mol. The van der Waals surface area contributed by atoms with E-state index in [4.69, 9.17) is 0 Å². The largest absolute Gasteiger partial charge is 0.125 e. The van der Waals surface area contributed by atoms with Gasteiger partial charge in [-0.05, 0) is 30.1 Å². The van der Waals surface area contributed by atoms with E-state index in [1.165, 1.54) is 12.8 Å². The van der Waals surface area contributed by atoms with Crippen LogP contribution in [0.2, 0.25) is 10.6 Å². The lowest BCUT2D eigenvalue weighted by Gasteiger charge is -2.22. The van der Waals surface area contributed by atoms with Crippen LogP contribution in [0.3, 0.4) is 0 Å². The Hall–Kier alpha value is 0.0649. The quantitative estimate of drug-likeness (QED) is 0.575. The van der Waals surface area contributed by atoms with Crippen LogP contribution in [0.25, 0.3) is 0 Å². The molecule has 14 heavy (non-hydrogen) atoms. The molecule has 0 bridgehead atoms. The molecule has 0 aromatic carbocycles. The van der Waals surface area contributed by atoms with Crippen LogP contribution in [0.4, 0.5) is 0 Å². The summed E-state index contributed by atoms with van der Waals surface area (Å²) in [5.41, 5.74) is 0.744. The van der Waals surface area contributed by atoms with Crippen molar-refractivity contribution >= 4 is 7.28 Å². The lowest BCUT2D eigenvalue weighted by molar-refractivity contribution is 0.497. The molecule has 2 saturated carbocycles. The minimum atomic E-state index is 0.391. The predicted octanol–water partition coefficient (Wildman–Crippen LogP) is 4.15. The molecule has 79 valence electrons. The van der Waals surface area contributed by atoms with Gasteiger partial charge >= 0.3 is 0 Å². The lowest BCUT2D eigenvalue weighted by Crippen LogP contribution is -2.16. The molecule has 0 aliphatic heterocycles. The molecular weight excluding hydrogens is 167 g/mol. The summed E-state index contributed by atoms with van der Waals surface area (Å²) >= 11 is 0. The van der Waals surface area contributed by atoms with Gasteiger partial charge in [0.1, 0.15) is 7.28 Å². The van der Waals surface area contributed by atoms with Gasteiger partial charge in [0.15, 0.2) is 0 Å². The van der Waals surface area contributed by atoms with E-state index < -0.39 is 0 Å². The topological polar surface area (TPSA) is 0 Å². The predicted molar refractivity (Wildman–Crippen MR) is 63.8 cm³/mol. The average Bonchev–Trinajstić information content (AvgIpc) is 2.69. The van der Waals surface area contributed by atoms with E-state index in [2.05, 4.69) is 48.8 Å². The normalized spacial score (nSPS) is 45.8. The van der Waals surface area contributed by atoms with Crippen LogP contribution in [0.15, 0.2) is 0 Å². The van der Waals surface area contributed by atoms with E-state index in [-0.39, 0.29) is 0 Å². The molecule has 0 aromatic heterocycles. The second kappa shape index (κ2) is 2.60. The SMILES string of the molecule is CC(C)C1CC12CC2(C)[B]C(C)(C)C. The molecule has 1 heteroatoms. The Balaban J connectivity index is 1.98. The maximum Gasteiger partial charge on any atom is 0.125 e. The zero-order valence-electron chi connectivity index (χ0n) is 10.6. The van der Waals surface area contributed by atoms with E-state index in [0.29, 0.717) is 10.6 Å². The number of hydrogen-bond acceptors (Lipinski definition) is 0. The van der Waals surface area contributed by atoms with Crippen LogP contribution in [-0.4, -0.2) is 7.28 Å². The Morgan fingerprint density at radius 3 is 2.21 bits per heavy atom. The van der Waals surface area contributed by atoms with Gasteiger partial charge in [0, 0.05) is 0 Å². The molecule has 1 radical (unpaired) electrons. The summed E-state index contributed by atoms with van der Waals surface area (Å²) in [5.74, 6) is 1.91. The summed E-state index contributed by atoms with van der Waals surface area (Å²) < 4.78 is 0. The Kier molecular flexibility index (Phi) is 1.96. The van der Waals surface area contributed by atoms with Crippen LogP contribution >= 0.6 is 0 Å². The highest BCUT2D eigenvalue weighted by atomic mass is 14.8. The van der Waals surface area contributed by atoms with Crippen molar-refractivity contribution in [3.8, 4) is 0 Å². The summed E-state index contributed by atoms with van der Waals surface area (Å²) in [6.45, 7) is 14.2. The Bertz CT molecular complexity index is 250. The van der Waals surface area contributed by atoms with Crippen LogP contribution in [-0.2, 0) is 0 Å². The Morgan fingerprint density at radius 1 is 1.29 bits per heavy atom. The fourth-order valence-corrected chi connectivity index (χ4v) is 3.83. The average molecular weight is 191 g/mol. The zero-order valence-corrected chi connectivity index (χ0v) is 10.6. The van der Waals surface area contributed by atoms with Crippen LogP contribution in [0, 0.1) is 17.3 Å². The molecule has 0 amide bonds. The standard InChI is InChI=1S/C13H24B/c1-9(2)10-7-13(10)8-12(13,6)14-11(3,4)5/h9-10H,7-8H2,1-6H3. The third kappa shape index (κ3) is 1.44. The first kappa shape index (κ1) is 10.6. The number of hydrogen-bond donors (Lipinski definition) is 0. The molecule has 0 aromatic rings. The summed E-state index contributed by atoms with van der Waals surface area (Å²) in [5, 5.41) is 0.961. The van der Waals surface area contributed by atoms with Crippen molar-refractivity contribution in [1.82, 2.24) is 0 Å².